The van der Waals surface area contributed by atoms with Gasteiger partial charge in [0.15, 0.2) is 0 Å². The number of aromatic amines is 1. The average molecular weight is 394 g/mol. The maximum atomic E-state index is 13.5. The number of amides is 1. The molecule has 1 unspecified atom stereocenters. The van der Waals surface area contributed by atoms with Gasteiger partial charge in [-0.2, -0.15) is 0 Å². The number of aromatic nitrogens is 2. The number of nitrogens with one attached hydrogen (secondary N) is 2. The summed E-state index contributed by atoms with van der Waals surface area (Å²) in [7, 11) is 0. The van der Waals surface area contributed by atoms with Crippen molar-refractivity contribution in [3.8, 4) is 11.3 Å². The van der Waals surface area contributed by atoms with Gasteiger partial charge >= 0.3 is 0 Å². The first-order valence-electron chi connectivity index (χ1n) is 9.57. The van der Waals surface area contributed by atoms with Crippen LogP contribution in [-0.2, 0) is 16.1 Å². The van der Waals surface area contributed by atoms with Gasteiger partial charge in [0.05, 0.1) is 31.1 Å². The second-order valence-electron chi connectivity index (χ2n) is 7.13. The van der Waals surface area contributed by atoms with Crippen molar-refractivity contribution in [1.82, 2.24) is 14.9 Å². The Balaban J connectivity index is 1.50. The smallest absolute Gasteiger partial charge is 0.221 e. The Morgan fingerprint density at radius 2 is 2.14 bits per heavy atom. The number of carbonyl (C=O) groups is 1. The first-order valence-corrected chi connectivity index (χ1v) is 9.57. The molecule has 3 aromatic rings. The molecule has 1 atom stereocenters. The fourth-order valence-electron chi connectivity index (χ4n) is 3.52. The van der Waals surface area contributed by atoms with Crippen LogP contribution in [0.1, 0.15) is 24.4 Å². The Bertz CT molecular complexity index is 986. The molecule has 0 spiro atoms. The summed E-state index contributed by atoms with van der Waals surface area (Å²) in [4.78, 5) is 21.3. The lowest BCUT2D eigenvalue weighted by atomic mass is 10.1. The number of hydrogen-bond acceptors (Lipinski definition) is 4. The van der Waals surface area contributed by atoms with E-state index >= 15 is 0 Å². The molecule has 29 heavy (non-hydrogen) atoms. The van der Waals surface area contributed by atoms with Crippen molar-refractivity contribution in [2.45, 2.75) is 19.5 Å². The Kier molecular flexibility index (Phi) is 5.69. The highest BCUT2D eigenvalue weighted by Gasteiger charge is 2.27. The number of ether oxygens (including phenoxy) is 1. The van der Waals surface area contributed by atoms with Gasteiger partial charge in [0.2, 0.25) is 5.91 Å². The van der Waals surface area contributed by atoms with Gasteiger partial charge in [0.25, 0.3) is 0 Å². The van der Waals surface area contributed by atoms with Gasteiger partial charge in [0, 0.05) is 31.3 Å². The minimum absolute atomic E-state index is 0.0129. The first-order chi connectivity index (χ1) is 14.1. The third-order valence-electron chi connectivity index (χ3n) is 4.95. The Morgan fingerprint density at radius 3 is 2.90 bits per heavy atom. The number of imidazole rings is 1. The summed E-state index contributed by atoms with van der Waals surface area (Å²) in [5.74, 6) is 0.445. The van der Waals surface area contributed by atoms with Crippen LogP contribution < -0.4 is 5.32 Å². The molecule has 1 aliphatic heterocycles. The van der Waals surface area contributed by atoms with Crippen LogP contribution in [0.15, 0.2) is 54.7 Å². The Hall–Kier alpha value is -3.03. The standard InChI is InChI=1S/C22H23FN4O2/c1-15(28)25-19-7-5-16(6-8-19)13-27-9-10-29-14-21(27)22-24-12-20(26-22)17-3-2-4-18(23)11-17/h2-8,11-12,21H,9-10,13-14H2,1H3,(H,24,26)(H,25,28). The quantitative estimate of drug-likeness (QED) is 0.692. The van der Waals surface area contributed by atoms with E-state index in [-0.39, 0.29) is 17.8 Å². The number of benzene rings is 2. The molecule has 2 heterocycles. The van der Waals surface area contributed by atoms with Gasteiger partial charge in [-0.05, 0) is 29.8 Å². The Morgan fingerprint density at radius 1 is 1.31 bits per heavy atom. The van der Waals surface area contributed by atoms with E-state index in [2.05, 4.69) is 20.2 Å². The normalized spacial score (nSPS) is 17.2. The highest BCUT2D eigenvalue weighted by molar-refractivity contribution is 5.88. The van der Waals surface area contributed by atoms with Gasteiger partial charge in [-0.25, -0.2) is 9.37 Å². The van der Waals surface area contributed by atoms with Crippen molar-refractivity contribution in [2.24, 2.45) is 0 Å². The maximum Gasteiger partial charge on any atom is 0.221 e. The highest BCUT2D eigenvalue weighted by Crippen LogP contribution is 2.27. The molecule has 0 radical (unpaired) electrons. The molecule has 7 heteroatoms. The van der Waals surface area contributed by atoms with Crippen LogP contribution in [0.25, 0.3) is 11.3 Å². The molecular formula is C22H23FN4O2. The molecule has 4 rings (SSSR count). The molecule has 1 aromatic heterocycles. The van der Waals surface area contributed by atoms with Gasteiger partial charge in [-0.1, -0.05) is 24.3 Å². The number of halogens is 1. The van der Waals surface area contributed by atoms with E-state index in [4.69, 9.17) is 4.74 Å². The van der Waals surface area contributed by atoms with Crippen LogP contribution in [0.4, 0.5) is 10.1 Å². The molecule has 2 aromatic carbocycles. The van der Waals surface area contributed by atoms with Crippen LogP contribution in [0, 0.1) is 5.82 Å². The minimum atomic E-state index is -0.274. The van der Waals surface area contributed by atoms with Crippen LogP contribution in [-0.4, -0.2) is 40.5 Å². The number of rotatable bonds is 5. The number of morpholine rings is 1. The van der Waals surface area contributed by atoms with Crippen molar-refractivity contribution in [2.75, 3.05) is 25.1 Å². The van der Waals surface area contributed by atoms with E-state index in [1.54, 1.807) is 12.3 Å². The van der Waals surface area contributed by atoms with E-state index in [1.807, 2.05) is 30.3 Å². The van der Waals surface area contributed by atoms with Gasteiger partial charge in [0.1, 0.15) is 11.6 Å². The largest absolute Gasteiger partial charge is 0.378 e. The summed E-state index contributed by atoms with van der Waals surface area (Å²) in [5, 5.41) is 2.78. The molecule has 1 fully saturated rings. The van der Waals surface area contributed by atoms with E-state index in [9.17, 15) is 9.18 Å². The van der Waals surface area contributed by atoms with Crippen molar-refractivity contribution in [3.63, 3.8) is 0 Å². The van der Waals surface area contributed by atoms with Crippen molar-refractivity contribution >= 4 is 11.6 Å². The average Bonchev–Trinajstić information content (AvgIpc) is 3.20. The van der Waals surface area contributed by atoms with E-state index in [0.717, 1.165) is 41.4 Å². The monoisotopic (exact) mass is 394 g/mol. The molecular weight excluding hydrogens is 371 g/mol. The maximum absolute atomic E-state index is 13.5. The molecule has 1 amide bonds. The summed E-state index contributed by atoms with van der Waals surface area (Å²) in [6.07, 6.45) is 1.74. The molecule has 2 N–H and O–H groups in total. The minimum Gasteiger partial charge on any atom is -0.378 e. The molecule has 6 nitrogen and oxygen atoms in total. The fourth-order valence-corrected chi connectivity index (χ4v) is 3.52. The summed E-state index contributed by atoms with van der Waals surface area (Å²) >= 11 is 0. The van der Waals surface area contributed by atoms with Crippen molar-refractivity contribution < 1.29 is 13.9 Å². The molecule has 0 saturated carbocycles. The van der Waals surface area contributed by atoms with E-state index < -0.39 is 0 Å². The van der Waals surface area contributed by atoms with Crippen LogP contribution in [0.3, 0.4) is 0 Å². The Labute approximate surface area is 168 Å². The molecule has 1 saturated heterocycles. The summed E-state index contributed by atoms with van der Waals surface area (Å²) < 4.78 is 19.2. The number of nitrogens with zero attached hydrogens (tertiary/aromatic N) is 2. The third-order valence-corrected chi connectivity index (χ3v) is 4.95. The third kappa shape index (κ3) is 4.70. The number of anilines is 1. The predicted molar refractivity (Wildman–Crippen MR) is 109 cm³/mol. The number of carbonyl (C=O) groups excluding carboxylic acids is 1. The zero-order valence-corrected chi connectivity index (χ0v) is 16.2. The zero-order valence-electron chi connectivity index (χ0n) is 16.2. The molecule has 150 valence electrons. The second kappa shape index (κ2) is 8.55. The SMILES string of the molecule is CC(=O)Nc1ccc(CN2CCOCC2c2ncc(-c3cccc(F)c3)[nH]2)cc1. The molecule has 1 aliphatic rings. The lowest BCUT2D eigenvalue weighted by Crippen LogP contribution is -2.39. The van der Waals surface area contributed by atoms with Crippen LogP contribution in [0.2, 0.25) is 0 Å². The second-order valence-corrected chi connectivity index (χ2v) is 7.13. The van der Waals surface area contributed by atoms with Crippen molar-refractivity contribution in [3.05, 3.63) is 71.9 Å². The topological polar surface area (TPSA) is 70.2 Å². The first kappa shape index (κ1) is 19.3. The van der Waals surface area contributed by atoms with E-state index in [1.165, 1.54) is 19.1 Å². The van der Waals surface area contributed by atoms with Gasteiger partial charge < -0.3 is 15.0 Å². The number of hydrogen-bond donors (Lipinski definition) is 2. The summed E-state index contributed by atoms with van der Waals surface area (Å²) in [5.41, 5.74) is 3.47. The fraction of sp³-hybridized carbons (Fsp3) is 0.273. The summed E-state index contributed by atoms with van der Waals surface area (Å²) in [6, 6.07) is 14.3. The zero-order chi connectivity index (χ0) is 20.2. The predicted octanol–water partition coefficient (Wildman–Crippen LogP) is 3.75. The van der Waals surface area contributed by atoms with Crippen LogP contribution >= 0.6 is 0 Å². The van der Waals surface area contributed by atoms with Crippen LogP contribution in [0.5, 0.6) is 0 Å². The van der Waals surface area contributed by atoms with Gasteiger partial charge in [-0.15, -0.1) is 0 Å². The van der Waals surface area contributed by atoms with Crippen molar-refractivity contribution in [1.29, 1.82) is 0 Å². The van der Waals surface area contributed by atoms with Gasteiger partial charge in [-0.3, -0.25) is 9.69 Å². The van der Waals surface area contributed by atoms with E-state index in [0.29, 0.717) is 13.2 Å². The summed E-state index contributed by atoms with van der Waals surface area (Å²) in [6.45, 7) is 4.23. The lowest BCUT2D eigenvalue weighted by Gasteiger charge is -2.34. The molecule has 0 aliphatic carbocycles. The molecule has 0 bridgehead atoms. The lowest BCUT2D eigenvalue weighted by molar-refractivity contribution is -0.114. The highest BCUT2D eigenvalue weighted by atomic mass is 19.1. The number of H-pyrrole nitrogens is 1.